The third-order valence-electron chi connectivity index (χ3n) is 3.23. The summed E-state index contributed by atoms with van der Waals surface area (Å²) in [7, 11) is 0. The molecule has 0 aromatic heterocycles. The first-order valence-electron chi connectivity index (χ1n) is 7.29. The predicted molar refractivity (Wildman–Crippen MR) is 80.0 cm³/mol. The molecule has 3 nitrogen and oxygen atoms in total. The van der Waals surface area contributed by atoms with Crippen LogP contribution in [0.2, 0.25) is 0 Å². The van der Waals surface area contributed by atoms with Crippen LogP contribution < -0.4 is 10.1 Å². The fraction of sp³-hybridized carbons (Fsp3) is 0.625. The highest BCUT2D eigenvalue weighted by atomic mass is 16.5. The van der Waals surface area contributed by atoms with Gasteiger partial charge in [-0.3, -0.25) is 0 Å². The Bertz CT molecular complexity index is 341. The van der Waals surface area contributed by atoms with E-state index in [4.69, 9.17) is 9.47 Å². The molecular weight excluding hydrogens is 238 g/mol. The van der Waals surface area contributed by atoms with Crippen LogP contribution in [-0.2, 0) is 4.74 Å². The van der Waals surface area contributed by atoms with Gasteiger partial charge < -0.3 is 14.8 Å². The van der Waals surface area contributed by atoms with Crippen molar-refractivity contribution < 1.29 is 9.47 Å². The molecule has 108 valence electrons. The van der Waals surface area contributed by atoms with E-state index in [1.807, 2.05) is 13.0 Å². The normalized spacial score (nSPS) is 12.4. The Morgan fingerprint density at radius 3 is 2.58 bits per heavy atom. The van der Waals surface area contributed by atoms with Gasteiger partial charge in [0.25, 0.3) is 0 Å². The Balaban J connectivity index is 2.29. The van der Waals surface area contributed by atoms with Crippen LogP contribution >= 0.6 is 0 Å². The summed E-state index contributed by atoms with van der Waals surface area (Å²) in [6, 6.07) is 8.33. The summed E-state index contributed by atoms with van der Waals surface area (Å²) < 4.78 is 11.1. The first-order valence-corrected chi connectivity index (χ1v) is 7.29. The van der Waals surface area contributed by atoms with Gasteiger partial charge in [-0.2, -0.15) is 0 Å². The van der Waals surface area contributed by atoms with Gasteiger partial charge >= 0.3 is 0 Å². The van der Waals surface area contributed by atoms with Crippen molar-refractivity contribution in [2.75, 3.05) is 32.9 Å². The molecule has 0 heterocycles. The lowest BCUT2D eigenvalue weighted by Crippen LogP contribution is -2.25. The predicted octanol–water partition coefficient (Wildman–Crippen LogP) is 3.21. The van der Waals surface area contributed by atoms with E-state index in [1.54, 1.807) is 0 Å². The van der Waals surface area contributed by atoms with E-state index in [0.29, 0.717) is 12.5 Å². The van der Waals surface area contributed by atoms with Crippen molar-refractivity contribution in [1.82, 2.24) is 5.32 Å². The molecule has 0 aliphatic carbocycles. The van der Waals surface area contributed by atoms with Crippen LogP contribution in [0.1, 0.15) is 38.7 Å². The van der Waals surface area contributed by atoms with Crippen molar-refractivity contribution in [3.63, 3.8) is 0 Å². The van der Waals surface area contributed by atoms with E-state index in [-0.39, 0.29) is 0 Å². The molecule has 0 fully saturated rings. The summed E-state index contributed by atoms with van der Waals surface area (Å²) in [6.07, 6.45) is 1.13. The van der Waals surface area contributed by atoms with E-state index in [1.165, 1.54) is 5.56 Å². The molecule has 1 aromatic carbocycles. The number of hydrogen-bond donors (Lipinski definition) is 1. The molecule has 0 bridgehead atoms. The molecular formula is C16H27NO2. The summed E-state index contributed by atoms with van der Waals surface area (Å²) in [5.41, 5.74) is 1.30. The van der Waals surface area contributed by atoms with E-state index in [0.717, 1.165) is 38.5 Å². The number of para-hydroxylation sites is 1. The average Bonchev–Trinajstić information content (AvgIpc) is 2.46. The number of nitrogens with one attached hydrogen (secondary N) is 1. The molecule has 1 rings (SSSR count). The van der Waals surface area contributed by atoms with Crippen molar-refractivity contribution >= 4 is 0 Å². The SMILES string of the molecule is CCOCCNCCOc1ccccc1C(C)CC. The highest BCUT2D eigenvalue weighted by Crippen LogP contribution is 2.28. The van der Waals surface area contributed by atoms with Crippen molar-refractivity contribution in [3.8, 4) is 5.75 Å². The smallest absolute Gasteiger partial charge is 0.122 e. The van der Waals surface area contributed by atoms with Gasteiger partial charge in [0, 0.05) is 19.7 Å². The zero-order valence-corrected chi connectivity index (χ0v) is 12.4. The highest BCUT2D eigenvalue weighted by molar-refractivity contribution is 5.35. The zero-order chi connectivity index (χ0) is 13.9. The first kappa shape index (κ1) is 16.0. The second kappa shape index (κ2) is 9.82. The third kappa shape index (κ3) is 6.08. The molecule has 0 saturated heterocycles. The van der Waals surface area contributed by atoms with Crippen LogP contribution in [0.3, 0.4) is 0 Å². The van der Waals surface area contributed by atoms with Crippen LogP contribution in [0.15, 0.2) is 24.3 Å². The molecule has 1 atom stereocenters. The molecule has 0 radical (unpaired) electrons. The third-order valence-corrected chi connectivity index (χ3v) is 3.23. The average molecular weight is 265 g/mol. The van der Waals surface area contributed by atoms with Crippen molar-refractivity contribution in [1.29, 1.82) is 0 Å². The van der Waals surface area contributed by atoms with Gasteiger partial charge in [0.05, 0.1) is 6.61 Å². The fourth-order valence-corrected chi connectivity index (χ4v) is 1.89. The van der Waals surface area contributed by atoms with Crippen LogP contribution in [0, 0.1) is 0 Å². The number of rotatable bonds is 10. The molecule has 0 aliphatic heterocycles. The molecule has 19 heavy (non-hydrogen) atoms. The Morgan fingerprint density at radius 1 is 1.11 bits per heavy atom. The molecule has 1 N–H and O–H groups in total. The maximum absolute atomic E-state index is 5.86. The molecule has 1 unspecified atom stereocenters. The Hall–Kier alpha value is -1.06. The van der Waals surface area contributed by atoms with Crippen LogP contribution in [0.25, 0.3) is 0 Å². The van der Waals surface area contributed by atoms with Crippen molar-refractivity contribution in [2.24, 2.45) is 0 Å². The summed E-state index contributed by atoms with van der Waals surface area (Å²) >= 11 is 0. The van der Waals surface area contributed by atoms with Gasteiger partial charge in [-0.15, -0.1) is 0 Å². The summed E-state index contributed by atoms with van der Waals surface area (Å²) in [5, 5.41) is 3.30. The zero-order valence-electron chi connectivity index (χ0n) is 12.4. The maximum Gasteiger partial charge on any atom is 0.122 e. The van der Waals surface area contributed by atoms with Gasteiger partial charge in [0.2, 0.25) is 0 Å². The lowest BCUT2D eigenvalue weighted by atomic mass is 9.98. The largest absolute Gasteiger partial charge is 0.492 e. The number of hydrogen-bond acceptors (Lipinski definition) is 3. The van der Waals surface area contributed by atoms with Crippen molar-refractivity contribution in [2.45, 2.75) is 33.1 Å². The molecule has 0 spiro atoms. The quantitative estimate of drug-likeness (QED) is 0.659. The lowest BCUT2D eigenvalue weighted by molar-refractivity contribution is 0.148. The van der Waals surface area contributed by atoms with Crippen molar-refractivity contribution in [3.05, 3.63) is 29.8 Å². The Labute approximate surface area is 117 Å². The minimum Gasteiger partial charge on any atom is -0.492 e. The Morgan fingerprint density at radius 2 is 1.84 bits per heavy atom. The number of benzene rings is 1. The van der Waals surface area contributed by atoms with Gasteiger partial charge in [-0.1, -0.05) is 32.0 Å². The van der Waals surface area contributed by atoms with Crippen LogP contribution in [0.5, 0.6) is 5.75 Å². The highest BCUT2D eigenvalue weighted by Gasteiger charge is 2.08. The summed E-state index contributed by atoms with van der Waals surface area (Å²) in [5.74, 6) is 1.56. The summed E-state index contributed by atoms with van der Waals surface area (Å²) in [6.45, 7) is 10.4. The standard InChI is InChI=1S/C16H27NO2/c1-4-14(3)15-8-6-7-9-16(15)19-13-11-17-10-12-18-5-2/h6-9,14,17H,4-5,10-13H2,1-3H3. The van der Waals surface area contributed by atoms with E-state index < -0.39 is 0 Å². The number of ether oxygens (including phenoxy) is 2. The van der Waals surface area contributed by atoms with Gasteiger partial charge in [0.1, 0.15) is 12.4 Å². The molecule has 0 amide bonds. The Kier molecular flexibility index (Phi) is 8.26. The topological polar surface area (TPSA) is 30.5 Å². The summed E-state index contributed by atoms with van der Waals surface area (Å²) in [4.78, 5) is 0. The van der Waals surface area contributed by atoms with Gasteiger partial charge in [-0.05, 0) is 30.9 Å². The first-order chi connectivity index (χ1) is 9.29. The van der Waals surface area contributed by atoms with Crippen LogP contribution in [-0.4, -0.2) is 32.9 Å². The maximum atomic E-state index is 5.86. The van der Waals surface area contributed by atoms with E-state index in [9.17, 15) is 0 Å². The second-order valence-electron chi connectivity index (χ2n) is 4.64. The fourth-order valence-electron chi connectivity index (χ4n) is 1.89. The molecule has 1 aromatic rings. The molecule has 3 heteroatoms. The van der Waals surface area contributed by atoms with E-state index in [2.05, 4.69) is 37.4 Å². The molecule has 0 saturated carbocycles. The second-order valence-corrected chi connectivity index (χ2v) is 4.64. The van der Waals surface area contributed by atoms with E-state index >= 15 is 0 Å². The van der Waals surface area contributed by atoms with Gasteiger partial charge in [-0.25, -0.2) is 0 Å². The van der Waals surface area contributed by atoms with Crippen LogP contribution in [0.4, 0.5) is 0 Å². The minimum absolute atomic E-state index is 0.544. The van der Waals surface area contributed by atoms with Gasteiger partial charge in [0.15, 0.2) is 0 Å². The minimum atomic E-state index is 0.544. The monoisotopic (exact) mass is 265 g/mol. The lowest BCUT2D eigenvalue weighted by Gasteiger charge is -2.15. The molecule has 0 aliphatic rings.